The van der Waals surface area contributed by atoms with Crippen molar-refractivity contribution in [2.24, 2.45) is 5.73 Å². The highest BCUT2D eigenvalue weighted by molar-refractivity contribution is 5.43. The Morgan fingerprint density at radius 3 is 2.76 bits per heavy atom. The fraction of sp³-hybridized carbons (Fsp3) is 0.615. The molecule has 0 radical (unpaired) electrons. The number of aromatic nitrogens is 1. The van der Waals surface area contributed by atoms with Gasteiger partial charge in [-0.15, -0.1) is 0 Å². The lowest BCUT2D eigenvalue weighted by Gasteiger charge is -2.19. The van der Waals surface area contributed by atoms with Crippen LogP contribution in [-0.2, 0) is 4.74 Å². The molecule has 0 aromatic carbocycles. The third kappa shape index (κ3) is 4.32. The quantitative estimate of drug-likeness (QED) is 0.737. The fourth-order valence-corrected chi connectivity index (χ4v) is 1.63. The van der Waals surface area contributed by atoms with E-state index >= 15 is 0 Å². The first kappa shape index (κ1) is 13.9. The van der Waals surface area contributed by atoms with E-state index in [-0.39, 0.29) is 6.04 Å². The van der Waals surface area contributed by atoms with Crippen LogP contribution in [-0.4, -0.2) is 32.3 Å². The molecule has 4 nitrogen and oxygen atoms in total. The molecule has 0 amide bonds. The number of nitrogens with two attached hydrogens (primary N) is 1. The molecule has 0 aliphatic rings. The van der Waals surface area contributed by atoms with Crippen molar-refractivity contribution in [3.05, 3.63) is 24.0 Å². The molecule has 0 unspecified atom stereocenters. The summed E-state index contributed by atoms with van der Waals surface area (Å²) >= 11 is 0. The van der Waals surface area contributed by atoms with Gasteiger partial charge < -0.3 is 15.4 Å². The van der Waals surface area contributed by atoms with Gasteiger partial charge >= 0.3 is 0 Å². The van der Waals surface area contributed by atoms with Crippen LogP contribution in [0.1, 0.15) is 31.5 Å². The van der Waals surface area contributed by atoms with E-state index in [1.807, 2.05) is 12.3 Å². The molecule has 17 heavy (non-hydrogen) atoms. The molecule has 1 heterocycles. The number of methoxy groups -OCH3 is 1. The Labute approximate surface area is 104 Å². The maximum Gasteiger partial charge on any atom is 0.0572 e. The van der Waals surface area contributed by atoms with Gasteiger partial charge in [0, 0.05) is 33.4 Å². The molecule has 0 saturated heterocycles. The molecular formula is C13H23N3O. The van der Waals surface area contributed by atoms with Crippen molar-refractivity contribution in [2.45, 2.75) is 25.8 Å². The molecule has 4 heteroatoms. The average molecular weight is 237 g/mol. The Morgan fingerprint density at radius 2 is 2.24 bits per heavy atom. The summed E-state index contributed by atoms with van der Waals surface area (Å²) in [5.74, 6) is 0. The van der Waals surface area contributed by atoms with Crippen molar-refractivity contribution >= 4 is 5.69 Å². The average Bonchev–Trinajstić information content (AvgIpc) is 2.38. The summed E-state index contributed by atoms with van der Waals surface area (Å²) in [4.78, 5) is 6.57. The van der Waals surface area contributed by atoms with Crippen molar-refractivity contribution in [3.8, 4) is 0 Å². The van der Waals surface area contributed by atoms with Gasteiger partial charge in [0.25, 0.3) is 0 Å². The maximum absolute atomic E-state index is 5.93. The number of rotatable bonds is 7. The second-order valence-electron chi connectivity index (χ2n) is 4.22. The lowest BCUT2D eigenvalue weighted by Crippen LogP contribution is -2.20. The first-order valence-corrected chi connectivity index (χ1v) is 6.10. The smallest absolute Gasteiger partial charge is 0.0572 e. The summed E-state index contributed by atoms with van der Waals surface area (Å²) in [5, 5.41) is 0. The zero-order valence-electron chi connectivity index (χ0n) is 11.0. The highest BCUT2D eigenvalue weighted by Gasteiger charge is 2.06. The summed E-state index contributed by atoms with van der Waals surface area (Å²) in [6, 6.07) is 4.13. The van der Waals surface area contributed by atoms with Crippen LogP contribution in [0.4, 0.5) is 5.69 Å². The third-order valence-corrected chi connectivity index (χ3v) is 2.87. The lowest BCUT2D eigenvalue weighted by atomic mass is 10.1. The van der Waals surface area contributed by atoms with E-state index in [1.54, 1.807) is 7.11 Å². The van der Waals surface area contributed by atoms with Crippen LogP contribution in [0.2, 0.25) is 0 Å². The van der Waals surface area contributed by atoms with Gasteiger partial charge in [-0.2, -0.15) is 0 Å². The standard InChI is InChI=1S/C13H23N3O/c1-4-12(14)13-7-6-11(10-15-13)16(2)8-5-9-17-3/h6-7,10,12H,4-5,8-9,14H2,1-3H3/t12-/m0/s1. The van der Waals surface area contributed by atoms with Crippen LogP contribution in [0.15, 0.2) is 18.3 Å². The zero-order valence-corrected chi connectivity index (χ0v) is 11.0. The molecule has 0 fully saturated rings. The second-order valence-corrected chi connectivity index (χ2v) is 4.22. The van der Waals surface area contributed by atoms with Gasteiger partial charge in [0.05, 0.1) is 17.6 Å². The topological polar surface area (TPSA) is 51.4 Å². The normalized spacial score (nSPS) is 12.5. The van der Waals surface area contributed by atoms with E-state index in [9.17, 15) is 0 Å². The van der Waals surface area contributed by atoms with Crippen LogP contribution in [0, 0.1) is 0 Å². The van der Waals surface area contributed by atoms with Gasteiger partial charge in [-0.1, -0.05) is 6.92 Å². The minimum absolute atomic E-state index is 0.0443. The molecule has 96 valence electrons. The van der Waals surface area contributed by atoms with Crippen LogP contribution in [0.3, 0.4) is 0 Å². The van der Waals surface area contributed by atoms with Gasteiger partial charge in [-0.25, -0.2) is 0 Å². The summed E-state index contributed by atoms with van der Waals surface area (Å²) in [6.07, 6.45) is 3.82. The highest BCUT2D eigenvalue weighted by Crippen LogP contribution is 2.16. The Morgan fingerprint density at radius 1 is 1.47 bits per heavy atom. The molecule has 1 atom stereocenters. The predicted octanol–water partition coefficient (Wildman–Crippen LogP) is 1.96. The van der Waals surface area contributed by atoms with E-state index in [0.29, 0.717) is 0 Å². The first-order valence-electron chi connectivity index (χ1n) is 6.10. The van der Waals surface area contributed by atoms with Gasteiger partial charge in [-0.05, 0) is 25.0 Å². The fourth-order valence-electron chi connectivity index (χ4n) is 1.63. The molecule has 0 saturated carbocycles. The van der Waals surface area contributed by atoms with Crippen molar-refractivity contribution < 1.29 is 4.74 Å². The van der Waals surface area contributed by atoms with E-state index in [0.717, 1.165) is 37.4 Å². The Hall–Kier alpha value is -1.13. The van der Waals surface area contributed by atoms with Crippen LogP contribution in [0.5, 0.6) is 0 Å². The molecule has 1 aromatic heterocycles. The van der Waals surface area contributed by atoms with Crippen molar-refractivity contribution in [3.63, 3.8) is 0 Å². The molecule has 0 aliphatic carbocycles. The molecule has 2 N–H and O–H groups in total. The van der Waals surface area contributed by atoms with E-state index in [1.165, 1.54) is 0 Å². The van der Waals surface area contributed by atoms with Crippen LogP contribution < -0.4 is 10.6 Å². The summed E-state index contributed by atoms with van der Waals surface area (Å²) < 4.78 is 5.03. The Bertz CT molecular complexity index is 313. The minimum Gasteiger partial charge on any atom is -0.385 e. The molecule has 1 aromatic rings. The van der Waals surface area contributed by atoms with Crippen LogP contribution in [0.25, 0.3) is 0 Å². The molecule has 0 spiro atoms. The highest BCUT2D eigenvalue weighted by atomic mass is 16.5. The Balaban J connectivity index is 2.54. The lowest BCUT2D eigenvalue weighted by molar-refractivity contribution is 0.196. The maximum atomic E-state index is 5.93. The third-order valence-electron chi connectivity index (χ3n) is 2.87. The summed E-state index contributed by atoms with van der Waals surface area (Å²) in [6.45, 7) is 3.82. The van der Waals surface area contributed by atoms with E-state index in [2.05, 4.69) is 29.9 Å². The van der Waals surface area contributed by atoms with Gasteiger partial charge in [0.2, 0.25) is 0 Å². The van der Waals surface area contributed by atoms with Gasteiger partial charge in [0.1, 0.15) is 0 Å². The number of nitrogens with zero attached hydrogens (tertiary/aromatic N) is 2. The largest absolute Gasteiger partial charge is 0.385 e. The summed E-state index contributed by atoms with van der Waals surface area (Å²) in [7, 11) is 3.79. The first-order chi connectivity index (χ1) is 8.19. The van der Waals surface area contributed by atoms with E-state index < -0.39 is 0 Å². The number of ether oxygens (including phenoxy) is 1. The zero-order chi connectivity index (χ0) is 12.7. The molecule has 1 rings (SSSR count). The van der Waals surface area contributed by atoms with Crippen molar-refractivity contribution in [1.29, 1.82) is 0 Å². The monoisotopic (exact) mass is 237 g/mol. The van der Waals surface area contributed by atoms with Gasteiger partial charge in [-0.3, -0.25) is 4.98 Å². The minimum atomic E-state index is 0.0443. The second kappa shape index (κ2) is 7.25. The molecular weight excluding hydrogens is 214 g/mol. The van der Waals surface area contributed by atoms with E-state index in [4.69, 9.17) is 10.5 Å². The van der Waals surface area contributed by atoms with Crippen molar-refractivity contribution in [2.75, 3.05) is 32.2 Å². The number of hydrogen-bond donors (Lipinski definition) is 1. The Kier molecular flexibility index (Phi) is 5.94. The number of anilines is 1. The summed E-state index contributed by atoms with van der Waals surface area (Å²) in [5.41, 5.74) is 8.00. The molecule has 0 bridgehead atoms. The predicted molar refractivity (Wildman–Crippen MR) is 71.2 cm³/mol. The number of hydrogen-bond acceptors (Lipinski definition) is 4. The van der Waals surface area contributed by atoms with Gasteiger partial charge in [0.15, 0.2) is 0 Å². The SMILES string of the molecule is CC[C@H](N)c1ccc(N(C)CCCOC)cn1. The van der Waals surface area contributed by atoms with Crippen molar-refractivity contribution in [1.82, 2.24) is 4.98 Å². The van der Waals surface area contributed by atoms with Crippen LogP contribution >= 0.6 is 0 Å². The number of pyridine rings is 1. The molecule has 0 aliphatic heterocycles.